The molecular formula is C17H22N6O2. The number of nitrogens with one attached hydrogen (secondary N) is 1. The molecule has 132 valence electrons. The molecule has 1 aliphatic carbocycles. The Morgan fingerprint density at radius 1 is 1.20 bits per heavy atom. The highest BCUT2D eigenvalue weighted by Crippen LogP contribution is 2.21. The monoisotopic (exact) mass is 342 g/mol. The van der Waals surface area contributed by atoms with Gasteiger partial charge in [-0.2, -0.15) is 10.1 Å². The van der Waals surface area contributed by atoms with Crippen molar-refractivity contribution in [3.05, 3.63) is 30.4 Å². The van der Waals surface area contributed by atoms with Crippen LogP contribution in [0, 0.1) is 0 Å². The molecule has 3 heterocycles. The second kappa shape index (κ2) is 7.08. The molecule has 1 saturated carbocycles. The zero-order valence-electron chi connectivity index (χ0n) is 14.1. The molecule has 1 N–H and O–H groups in total. The average molecular weight is 342 g/mol. The number of anilines is 2. The highest BCUT2D eigenvalue weighted by Gasteiger charge is 2.25. The fraction of sp³-hybridized carbons (Fsp3) is 0.529. The molecular weight excluding hydrogens is 320 g/mol. The lowest BCUT2D eigenvalue weighted by Crippen LogP contribution is -2.49. The first kappa shape index (κ1) is 15.9. The molecule has 1 aliphatic heterocycles. The molecule has 2 fully saturated rings. The van der Waals surface area contributed by atoms with Gasteiger partial charge < -0.3 is 19.5 Å². The molecule has 0 spiro atoms. The summed E-state index contributed by atoms with van der Waals surface area (Å²) in [5.74, 6) is 1.73. The Bertz CT molecular complexity index is 706. The molecule has 8 nitrogen and oxygen atoms in total. The maximum absolute atomic E-state index is 12.3. The van der Waals surface area contributed by atoms with Crippen LogP contribution in [0.3, 0.4) is 0 Å². The summed E-state index contributed by atoms with van der Waals surface area (Å²) in [6.45, 7) is 2.70. The number of rotatable bonds is 4. The molecule has 0 atom stereocenters. The van der Waals surface area contributed by atoms with Crippen molar-refractivity contribution in [1.82, 2.24) is 20.1 Å². The summed E-state index contributed by atoms with van der Waals surface area (Å²) in [7, 11) is 0. The number of hydrogen-bond donors (Lipinski definition) is 1. The summed E-state index contributed by atoms with van der Waals surface area (Å²) in [5, 5.41) is 11.6. The van der Waals surface area contributed by atoms with Gasteiger partial charge in [-0.05, 0) is 25.0 Å². The summed E-state index contributed by atoms with van der Waals surface area (Å²) in [6, 6.07) is 3.89. The molecule has 2 aromatic rings. The van der Waals surface area contributed by atoms with Gasteiger partial charge in [0, 0.05) is 32.2 Å². The van der Waals surface area contributed by atoms with Gasteiger partial charge in [0.25, 0.3) is 5.91 Å². The van der Waals surface area contributed by atoms with Gasteiger partial charge in [0.2, 0.25) is 5.95 Å². The highest BCUT2D eigenvalue weighted by molar-refractivity contribution is 5.91. The molecule has 25 heavy (non-hydrogen) atoms. The van der Waals surface area contributed by atoms with Crippen LogP contribution in [0.2, 0.25) is 0 Å². The number of hydrogen-bond acceptors (Lipinski definition) is 7. The Morgan fingerprint density at radius 2 is 2.00 bits per heavy atom. The summed E-state index contributed by atoms with van der Waals surface area (Å²) >= 11 is 0. The standard InChI is InChI=1S/C17H22N6O2/c24-16(14-6-3-11-25-14)23-9-7-22(8-10-23)15-12-18-21-17(20-15)19-13-4-1-2-5-13/h3,6,11-13H,1-2,4-5,7-10H2,(H,19,20,21). The number of carbonyl (C=O) groups is 1. The zero-order chi connectivity index (χ0) is 17.1. The lowest BCUT2D eigenvalue weighted by atomic mass is 10.2. The third kappa shape index (κ3) is 3.57. The Kier molecular flexibility index (Phi) is 4.49. The highest BCUT2D eigenvalue weighted by atomic mass is 16.3. The van der Waals surface area contributed by atoms with Crippen LogP contribution in [0.25, 0.3) is 0 Å². The first-order valence-corrected chi connectivity index (χ1v) is 8.83. The summed E-state index contributed by atoms with van der Waals surface area (Å²) in [5.41, 5.74) is 0. The van der Waals surface area contributed by atoms with Gasteiger partial charge in [-0.3, -0.25) is 4.79 Å². The largest absolute Gasteiger partial charge is 0.459 e. The summed E-state index contributed by atoms with van der Waals surface area (Å²) in [4.78, 5) is 20.9. The quantitative estimate of drug-likeness (QED) is 0.906. The van der Waals surface area contributed by atoms with Crippen molar-refractivity contribution >= 4 is 17.7 Å². The Hall–Kier alpha value is -2.64. The number of amides is 1. The maximum atomic E-state index is 12.3. The van der Waals surface area contributed by atoms with E-state index in [0.29, 0.717) is 43.9 Å². The van der Waals surface area contributed by atoms with E-state index < -0.39 is 0 Å². The van der Waals surface area contributed by atoms with Crippen LogP contribution >= 0.6 is 0 Å². The van der Waals surface area contributed by atoms with E-state index in [1.54, 1.807) is 18.3 Å². The predicted octanol–water partition coefficient (Wildman–Crippen LogP) is 1.78. The van der Waals surface area contributed by atoms with Crippen LogP contribution in [0.4, 0.5) is 11.8 Å². The molecule has 8 heteroatoms. The van der Waals surface area contributed by atoms with Crippen LogP contribution in [0.1, 0.15) is 36.2 Å². The Balaban J connectivity index is 1.36. The van der Waals surface area contributed by atoms with Gasteiger partial charge in [-0.1, -0.05) is 12.8 Å². The van der Waals surface area contributed by atoms with Crippen LogP contribution in [-0.2, 0) is 0 Å². The van der Waals surface area contributed by atoms with Crippen LogP contribution in [0.15, 0.2) is 29.0 Å². The minimum absolute atomic E-state index is 0.0611. The normalized spacial score (nSPS) is 18.6. The summed E-state index contributed by atoms with van der Waals surface area (Å²) in [6.07, 6.45) is 8.06. The minimum Gasteiger partial charge on any atom is -0.459 e. The van der Waals surface area contributed by atoms with Crippen molar-refractivity contribution in [2.45, 2.75) is 31.7 Å². The zero-order valence-corrected chi connectivity index (χ0v) is 14.1. The van der Waals surface area contributed by atoms with Gasteiger partial charge >= 0.3 is 0 Å². The molecule has 4 rings (SSSR count). The SMILES string of the molecule is O=C(c1ccco1)N1CCN(c2cnnc(NC3CCCC3)n2)CC1. The maximum Gasteiger partial charge on any atom is 0.289 e. The average Bonchev–Trinajstić information content (AvgIpc) is 3.35. The van der Waals surface area contributed by atoms with Gasteiger partial charge in [0.1, 0.15) is 0 Å². The van der Waals surface area contributed by atoms with Crippen molar-refractivity contribution in [2.75, 3.05) is 36.4 Å². The van der Waals surface area contributed by atoms with Crippen molar-refractivity contribution < 1.29 is 9.21 Å². The van der Waals surface area contributed by atoms with Crippen LogP contribution < -0.4 is 10.2 Å². The predicted molar refractivity (Wildman–Crippen MR) is 92.5 cm³/mol. The molecule has 1 amide bonds. The van der Waals surface area contributed by atoms with E-state index in [2.05, 4.69) is 25.4 Å². The fourth-order valence-corrected chi connectivity index (χ4v) is 3.46. The van der Waals surface area contributed by atoms with E-state index in [1.807, 2.05) is 4.90 Å². The van der Waals surface area contributed by atoms with Crippen molar-refractivity contribution in [1.29, 1.82) is 0 Å². The van der Waals surface area contributed by atoms with Crippen LogP contribution in [0.5, 0.6) is 0 Å². The molecule has 0 radical (unpaired) electrons. The smallest absolute Gasteiger partial charge is 0.289 e. The van der Waals surface area contributed by atoms with E-state index in [1.165, 1.54) is 31.9 Å². The molecule has 0 aromatic carbocycles. The van der Waals surface area contributed by atoms with Gasteiger partial charge in [-0.25, -0.2) is 0 Å². The number of piperazine rings is 1. The second-order valence-electron chi connectivity index (χ2n) is 6.52. The van der Waals surface area contributed by atoms with Crippen LogP contribution in [-0.4, -0.2) is 58.2 Å². The van der Waals surface area contributed by atoms with Gasteiger partial charge in [0.05, 0.1) is 12.5 Å². The second-order valence-corrected chi connectivity index (χ2v) is 6.52. The van der Waals surface area contributed by atoms with E-state index >= 15 is 0 Å². The third-order valence-corrected chi connectivity index (χ3v) is 4.86. The number of aromatic nitrogens is 3. The van der Waals surface area contributed by atoms with E-state index in [0.717, 1.165) is 5.82 Å². The lowest BCUT2D eigenvalue weighted by Gasteiger charge is -2.34. The number of nitrogens with zero attached hydrogens (tertiary/aromatic N) is 5. The molecule has 2 aromatic heterocycles. The number of furan rings is 1. The molecule has 0 unspecified atom stereocenters. The fourth-order valence-electron chi connectivity index (χ4n) is 3.46. The molecule has 2 aliphatic rings. The van der Waals surface area contributed by atoms with E-state index in [9.17, 15) is 4.79 Å². The van der Waals surface area contributed by atoms with Gasteiger partial charge in [0.15, 0.2) is 11.6 Å². The van der Waals surface area contributed by atoms with Crippen molar-refractivity contribution in [2.24, 2.45) is 0 Å². The van der Waals surface area contributed by atoms with E-state index in [-0.39, 0.29) is 5.91 Å². The Labute approximate surface area is 146 Å². The minimum atomic E-state index is -0.0611. The van der Waals surface area contributed by atoms with Gasteiger partial charge in [-0.15, -0.1) is 5.10 Å². The number of carbonyl (C=O) groups excluding carboxylic acids is 1. The third-order valence-electron chi connectivity index (χ3n) is 4.86. The first-order valence-electron chi connectivity index (χ1n) is 8.83. The van der Waals surface area contributed by atoms with Crippen molar-refractivity contribution in [3.8, 4) is 0 Å². The lowest BCUT2D eigenvalue weighted by molar-refractivity contribution is 0.0714. The first-order chi connectivity index (χ1) is 12.3. The molecule has 0 bridgehead atoms. The summed E-state index contributed by atoms with van der Waals surface area (Å²) < 4.78 is 5.20. The Morgan fingerprint density at radius 3 is 2.72 bits per heavy atom. The topological polar surface area (TPSA) is 87.4 Å². The van der Waals surface area contributed by atoms with E-state index in [4.69, 9.17) is 4.42 Å². The van der Waals surface area contributed by atoms with Crippen molar-refractivity contribution in [3.63, 3.8) is 0 Å². The molecule has 1 saturated heterocycles.